The Labute approximate surface area is 106 Å². The molecule has 1 fully saturated rings. The minimum Gasteiger partial charge on any atom is -0.324 e. The van der Waals surface area contributed by atoms with Crippen molar-refractivity contribution in [3.63, 3.8) is 0 Å². The van der Waals surface area contributed by atoms with E-state index in [2.05, 4.69) is 17.2 Å². The molecule has 1 aliphatic heterocycles. The SMILES string of the molecule is CC1CCN(C(=O)Nc2ncccc2Cl)CC1. The van der Waals surface area contributed by atoms with Gasteiger partial charge in [0.05, 0.1) is 5.02 Å². The van der Waals surface area contributed by atoms with Crippen molar-refractivity contribution >= 4 is 23.4 Å². The number of piperidine rings is 1. The lowest BCUT2D eigenvalue weighted by Gasteiger charge is -2.30. The molecule has 92 valence electrons. The van der Waals surface area contributed by atoms with Gasteiger partial charge < -0.3 is 4.90 Å². The number of nitrogens with one attached hydrogen (secondary N) is 1. The van der Waals surface area contributed by atoms with Gasteiger partial charge in [-0.2, -0.15) is 0 Å². The van der Waals surface area contributed by atoms with Gasteiger partial charge in [0.25, 0.3) is 0 Å². The van der Waals surface area contributed by atoms with Crippen molar-refractivity contribution in [1.29, 1.82) is 0 Å². The Morgan fingerprint density at radius 2 is 2.24 bits per heavy atom. The lowest BCUT2D eigenvalue weighted by atomic mass is 10.00. The van der Waals surface area contributed by atoms with Crippen molar-refractivity contribution in [2.45, 2.75) is 19.8 Å². The zero-order valence-electron chi connectivity index (χ0n) is 9.82. The molecule has 2 heterocycles. The van der Waals surface area contributed by atoms with Crippen LogP contribution in [0.1, 0.15) is 19.8 Å². The first-order valence-corrected chi connectivity index (χ1v) is 6.21. The molecule has 0 atom stereocenters. The number of amides is 2. The molecule has 1 saturated heterocycles. The van der Waals surface area contributed by atoms with Crippen LogP contribution in [-0.2, 0) is 0 Å². The zero-order valence-corrected chi connectivity index (χ0v) is 10.6. The van der Waals surface area contributed by atoms with Crippen molar-refractivity contribution in [1.82, 2.24) is 9.88 Å². The van der Waals surface area contributed by atoms with Gasteiger partial charge in [-0.1, -0.05) is 18.5 Å². The Balaban J connectivity index is 1.95. The van der Waals surface area contributed by atoms with Crippen LogP contribution in [0.15, 0.2) is 18.3 Å². The molecule has 0 aliphatic carbocycles. The van der Waals surface area contributed by atoms with Crippen molar-refractivity contribution in [3.05, 3.63) is 23.4 Å². The highest BCUT2D eigenvalue weighted by molar-refractivity contribution is 6.33. The summed E-state index contributed by atoms with van der Waals surface area (Å²) in [6, 6.07) is 3.33. The van der Waals surface area contributed by atoms with Crippen molar-refractivity contribution in [2.75, 3.05) is 18.4 Å². The molecule has 4 nitrogen and oxygen atoms in total. The van der Waals surface area contributed by atoms with Crippen LogP contribution in [0.25, 0.3) is 0 Å². The molecule has 1 aromatic heterocycles. The van der Waals surface area contributed by atoms with Crippen LogP contribution in [0.3, 0.4) is 0 Å². The van der Waals surface area contributed by atoms with Crippen LogP contribution >= 0.6 is 11.6 Å². The molecule has 0 radical (unpaired) electrons. The molecular formula is C12H16ClN3O. The van der Waals surface area contributed by atoms with E-state index >= 15 is 0 Å². The predicted molar refractivity (Wildman–Crippen MR) is 68.2 cm³/mol. The number of likely N-dealkylation sites (tertiary alicyclic amines) is 1. The summed E-state index contributed by atoms with van der Waals surface area (Å²) >= 11 is 5.93. The second-order valence-corrected chi connectivity index (χ2v) is 4.84. The summed E-state index contributed by atoms with van der Waals surface area (Å²) in [7, 11) is 0. The Morgan fingerprint density at radius 3 is 2.88 bits per heavy atom. The summed E-state index contributed by atoms with van der Waals surface area (Å²) < 4.78 is 0. The highest BCUT2D eigenvalue weighted by Crippen LogP contribution is 2.20. The molecule has 0 aromatic carbocycles. The average molecular weight is 254 g/mol. The quantitative estimate of drug-likeness (QED) is 0.836. The van der Waals surface area contributed by atoms with E-state index in [1.54, 1.807) is 18.3 Å². The van der Waals surface area contributed by atoms with E-state index < -0.39 is 0 Å². The maximum atomic E-state index is 11.9. The first kappa shape index (κ1) is 12.2. The van der Waals surface area contributed by atoms with E-state index in [4.69, 9.17) is 11.6 Å². The van der Waals surface area contributed by atoms with E-state index in [1.807, 2.05) is 4.90 Å². The molecule has 5 heteroatoms. The molecule has 0 saturated carbocycles. The first-order chi connectivity index (χ1) is 8.16. The minimum atomic E-state index is -0.113. The summed E-state index contributed by atoms with van der Waals surface area (Å²) in [5.74, 6) is 1.13. The summed E-state index contributed by atoms with van der Waals surface area (Å²) in [5, 5.41) is 3.20. The molecule has 0 spiro atoms. The summed E-state index contributed by atoms with van der Waals surface area (Å²) in [5.41, 5.74) is 0. The summed E-state index contributed by atoms with van der Waals surface area (Å²) in [6.45, 7) is 3.82. The van der Waals surface area contributed by atoms with Crippen molar-refractivity contribution < 1.29 is 4.79 Å². The Bertz CT molecular complexity index is 402. The Morgan fingerprint density at radius 1 is 1.53 bits per heavy atom. The van der Waals surface area contributed by atoms with E-state index in [1.165, 1.54) is 0 Å². The number of aromatic nitrogens is 1. The molecule has 1 aliphatic rings. The molecule has 0 bridgehead atoms. The van der Waals surface area contributed by atoms with E-state index in [9.17, 15) is 4.79 Å². The van der Waals surface area contributed by atoms with Crippen LogP contribution < -0.4 is 5.32 Å². The number of anilines is 1. The van der Waals surface area contributed by atoms with Gasteiger partial charge in [0, 0.05) is 19.3 Å². The first-order valence-electron chi connectivity index (χ1n) is 5.83. The second-order valence-electron chi connectivity index (χ2n) is 4.43. The Hall–Kier alpha value is -1.29. The largest absolute Gasteiger partial charge is 0.324 e. The highest BCUT2D eigenvalue weighted by Gasteiger charge is 2.20. The molecule has 1 aromatic rings. The maximum Gasteiger partial charge on any atom is 0.323 e. The third kappa shape index (κ3) is 3.09. The van der Waals surface area contributed by atoms with Gasteiger partial charge >= 0.3 is 6.03 Å². The lowest BCUT2D eigenvalue weighted by molar-refractivity contribution is 0.186. The lowest BCUT2D eigenvalue weighted by Crippen LogP contribution is -2.40. The number of rotatable bonds is 1. The minimum absolute atomic E-state index is 0.113. The fourth-order valence-corrected chi connectivity index (χ4v) is 2.04. The second kappa shape index (κ2) is 5.36. The fourth-order valence-electron chi connectivity index (χ4n) is 1.87. The fraction of sp³-hybridized carbons (Fsp3) is 0.500. The van der Waals surface area contributed by atoms with Gasteiger partial charge in [0.2, 0.25) is 0 Å². The molecule has 1 N–H and O–H groups in total. The Kier molecular flexibility index (Phi) is 3.84. The molecular weight excluding hydrogens is 238 g/mol. The third-order valence-corrected chi connectivity index (χ3v) is 3.36. The van der Waals surface area contributed by atoms with E-state index in [0.29, 0.717) is 16.8 Å². The van der Waals surface area contributed by atoms with Gasteiger partial charge in [0.1, 0.15) is 0 Å². The van der Waals surface area contributed by atoms with Gasteiger partial charge in [-0.3, -0.25) is 5.32 Å². The predicted octanol–water partition coefficient (Wildman–Crippen LogP) is 3.00. The molecule has 0 unspecified atom stereocenters. The van der Waals surface area contributed by atoms with Gasteiger partial charge in [-0.15, -0.1) is 0 Å². The number of urea groups is 1. The monoisotopic (exact) mass is 253 g/mol. The zero-order chi connectivity index (χ0) is 12.3. The third-order valence-electron chi connectivity index (χ3n) is 3.05. The molecule has 17 heavy (non-hydrogen) atoms. The summed E-state index contributed by atoms with van der Waals surface area (Å²) in [4.78, 5) is 17.8. The van der Waals surface area contributed by atoms with Crippen molar-refractivity contribution in [2.24, 2.45) is 5.92 Å². The van der Waals surface area contributed by atoms with Gasteiger partial charge in [-0.05, 0) is 30.9 Å². The topological polar surface area (TPSA) is 45.2 Å². The van der Waals surface area contributed by atoms with Crippen LogP contribution in [-0.4, -0.2) is 29.0 Å². The summed E-state index contributed by atoms with van der Waals surface area (Å²) in [6.07, 6.45) is 3.73. The number of carbonyl (C=O) groups excluding carboxylic acids is 1. The van der Waals surface area contributed by atoms with Crippen LogP contribution in [0.5, 0.6) is 0 Å². The highest BCUT2D eigenvalue weighted by atomic mass is 35.5. The van der Waals surface area contributed by atoms with Crippen molar-refractivity contribution in [3.8, 4) is 0 Å². The van der Waals surface area contributed by atoms with Crippen LogP contribution in [0.2, 0.25) is 5.02 Å². The number of halogens is 1. The molecule has 2 rings (SSSR count). The van der Waals surface area contributed by atoms with Crippen LogP contribution in [0, 0.1) is 5.92 Å². The number of hydrogen-bond donors (Lipinski definition) is 1. The number of hydrogen-bond acceptors (Lipinski definition) is 2. The van der Waals surface area contributed by atoms with Crippen LogP contribution in [0.4, 0.5) is 10.6 Å². The van der Waals surface area contributed by atoms with E-state index in [0.717, 1.165) is 25.9 Å². The normalized spacial score (nSPS) is 16.9. The standard InChI is InChI=1S/C12H16ClN3O/c1-9-4-7-16(8-5-9)12(17)15-11-10(13)3-2-6-14-11/h2-3,6,9H,4-5,7-8H2,1H3,(H,14,15,17). The number of nitrogens with zero attached hydrogens (tertiary/aromatic N) is 2. The van der Waals surface area contributed by atoms with Gasteiger partial charge in [0.15, 0.2) is 5.82 Å². The number of pyridine rings is 1. The maximum absolute atomic E-state index is 11.9. The van der Waals surface area contributed by atoms with Gasteiger partial charge in [-0.25, -0.2) is 9.78 Å². The average Bonchev–Trinajstić information content (AvgIpc) is 2.33. The van der Waals surface area contributed by atoms with E-state index in [-0.39, 0.29) is 6.03 Å². The smallest absolute Gasteiger partial charge is 0.323 e. The molecule has 2 amide bonds. The number of carbonyl (C=O) groups is 1.